The Hall–Kier alpha value is -2.75. The minimum absolute atomic E-state index is 0.175. The third kappa shape index (κ3) is 4.16. The number of rotatable bonds is 7. The molecule has 0 radical (unpaired) electrons. The SMILES string of the molecule is COc1c(C)c(OC)c(C(=O)C=Cc2ccc(C(C)C)cc2)c(OC)c1C. The Morgan fingerprint density at radius 3 is 1.74 bits per heavy atom. The average Bonchev–Trinajstić information content (AvgIpc) is 2.66. The van der Waals surface area contributed by atoms with Crippen molar-refractivity contribution in [2.45, 2.75) is 33.6 Å². The van der Waals surface area contributed by atoms with Crippen molar-refractivity contribution in [1.29, 1.82) is 0 Å². The molecule has 144 valence electrons. The molecule has 2 aromatic carbocycles. The van der Waals surface area contributed by atoms with Gasteiger partial charge in [0.15, 0.2) is 5.78 Å². The van der Waals surface area contributed by atoms with Gasteiger partial charge in [-0.05, 0) is 37.0 Å². The second-order valence-corrected chi connectivity index (χ2v) is 6.74. The topological polar surface area (TPSA) is 44.8 Å². The van der Waals surface area contributed by atoms with E-state index in [0.29, 0.717) is 28.7 Å². The maximum atomic E-state index is 13.0. The number of ketones is 1. The molecule has 0 fully saturated rings. The van der Waals surface area contributed by atoms with Crippen molar-refractivity contribution in [3.63, 3.8) is 0 Å². The highest BCUT2D eigenvalue weighted by molar-refractivity contribution is 6.11. The Bertz CT molecular complexity index is 815. The van der Waals surface area contributed by atoms with Crippen LogP contribution in [0.3, 0.4) is 0 Å². The van der Waals surface area contributed by atoms with Crippen LogP contribution in [0.15, 0.2) is 30.3 Å². The molecule has 0 spiro atoms. The molecule has 0 amide bonds. The lowest BCUT2D eigenvalue weighted by Gasteiger charge is -2.19. The maximum absolute atomic E-state index is 13.0. The lowest BCUT2D eigenvalue weighted by Crippen LogP contribution is -2.08. The molecule has 0 aliphatic heterocycles. The van der Waals surface area contributed by atoms with Crippen LogP contribution >= 0.6 is 0 Å². The van der Waals surface area contributed by atoms with Gasteiger partial charge < -0.3 is 14.2 Å². The largest absolute Gasteiger partial charge is 0.496 e. The fraction of sp³-hybridized carbons (Fsp3) is 0.348. The van der Waals surface area contributed by atoms with Crippen molar-refractivity contribution in [1.82, 2.24) is 0 Å². The van der Waals surface area contributed by atoms with E-state index in [1.165, 1.54) is 5.56 Å². The van der Waals surface area contributed by atoms with Crippen LogP contribution in [0.25, 0.3) is 6.08 Å². The van der Waals surface area contributed by atoms with Gasteiger partial charge in [-0.2, -0.15) is 0 Å². The Balaban J connectivity index is 2.46. The Labute approximate surface area is 161 Å². The zero-order valence-corrected chi connectivity index (χ0v) is 17.2. The quantitative estimate of drug-likeness (QED) is 0.488. The lowest BCUT2D eigenvalue weighted by atomic mass is 9.98. The molecule has 2 rings (SSSR count). The number of hydrogen-bond donors (Lipinski definition) is 0. The maximum Gasteiger partial charge on any atom is 0.193 e. The monoisotopic (exact) mass is 368 g/mol. The van der Waals surface area contributed by atoms with E-state index in [1.54, 1.807) is 33.5 Å². The van der Waals surface area contributed by atoms with E-state index in [1.807, 2.05) is 26.0 Å². The highest BCUT2D eigenvalue weighted by Crippen LogP contribution is 2.43. The summed E-state index contributed by atoms with van der Waals surface area (Å²) in [6.07, 6.45) is 3.36. The molecule has 4 heteroatoms. The summed E-state index contributed by atoms with van der Waals surface area (Å²) < 4.78 is 16.5. The van der Waals surface area contributed by atoms with Crippen molar-refractivity contribution in [2.75, 3.05) is 21.3 Å². The van der Waals surface area contributed by atoms with Gasteiger partial charge in [-0.15, -0.1) is 0 Å². The number of ether oxygens (including phenoxy) is 3. The number of carbonyl (C=O) groups is 1. The molecule has 0 saturated heterocycles. The minimum Gasteiger partial charge on any atom is -0.496 e. The minimum atomic E-state index is -0.175. The number of methoxy groups -OCH3 is 3. The molecule has 27 heavy (non-hydrogen) atoms. The molecular weight excluding hydrogens is 340 g/mol. The van der Waals surface area contributed by atoms with Crippen LogP contribution in [0.1, 0.15) is 52.4 Å². The Morgan fingerprint density at radius 2 is 1.33 bits per heavy atom. The predicted octanol–water partition coefficient (Wildman–Crippen LogP) is 5.35. The summed E-state index contributed by atoms with van der Waals surface area (Å²) in [5, 5.41) is 0. The first-order valence-electron chi connectivity index (χ1n) is 8.97. The van der Waals surface area contributed by atoms with E-state index >= 15 is 0 Å². The molecule has 0 aliphatic carbocycles. The van der Waals surface area contributed by atoms with Crippen LogP contribution in [-0.4, -0.2) is 27.1 Å². The normalized spacial score (nSPS) is 11.1. The van der Waals surface area contributed by atoms with Crippen molar-refractivity contribution in [3.05, 3.63) is 58.2 Å². The highest BCUT2D eigenvalue weighted by atomic mass is 16.5. The van der Waals surface area contributed by atoms with E-state index in [4.69, 9.17) is 14.2 Å². The van der Waals surface area contributed by atoms with Crippen LogP contribution in [0.5, 0.6) is 17.2 Å². The standard InChI is InChI=1S/C23H28O4/c1-14(2)18-11-8-17(9-12-18)10-13-19(24)20-22(26-6)15(3)21(25-5)16(4)23(20)27-7/h8-14H,1-7H3. The summed E-state index contributed by atoms with van der Waals surface area (Å²) in [5.41, 5.74) is 4.19. The second-order valence-electron chi connectivity index (χ2n) is 6.74. The number of allylic oxidation sites excluding steroid dienone is 1. The van der Waals surface area contributed by atoms with Crippen molar-refractivity contribution in [2.24, 2.45) is 0 Å². The van der Waals surface area contributed by atoms with Crippen LogP contribution in [-0.2, 0) is 0 Å². The zero-order valence-electron chi connectivity index (χ0n) is 17.2. The molecule has 0 heterocycles. The fourth-order valence-corrected chi connectivity index (χ4v) is 3.25. The third-order valence-electron chi connectivity index (χ3n) is 4.71. The van der Waals surface area contributed by atoms with Gasteiger partial charge in [0.2, 0.25) is 0 Å². The van der Waals surface area contributed by atoms with Crippen LogP contribution in [0, 0.1) is 13.8 Å². The van der Waals surface area contributed by atoms with Gasteiger partial charge >= 0.3 is 0 Å². The van der Waals surface area contributed by atoms with Crippen molar-refractivity contribution < 1.29 is 19.0 Å². The van der Waals surface area contributed by atoms with E-state index in [9.17, 15) is 4.79 Å². The number of carbonyl (C=O) groups excluding carboxylic acids is 1. The fourth-order valence-electron chi connectivity index (χ4n) is 3.25. The first-order chi connectivity index (χ1) is 12.8. The first kappa shape index (κ1) is 20.6. The second kappa shape index (κ2) is 8.76. The van der Waals surface area contributed by atoms with E-state index in [-0.39, 0.29) is 5.78 Å². The smallest absolute Gasteiger partial charge is 0.193 e. The average molecular weight is 368 g/mol. The van der Waals surface area contributed by atoms with Crippen molar-refractivity contribution >= 4 is 11.9 Å². The van der Waals surface area contributed by atoms with Gasteiger partial charge in [0, 0.05) is 11.1 Å². The highest BCUT2D eigenvalue weighted by Gasteiger charge is 2.25. The molecular formula is C23H28O4. The molecule has 0 aromatic heterocycles. The molecule has 0 aliphatic rings. The van der Waals surface area contributed by atoms with Gasteiger partial charge in [0.25, 0.3) is 0 Å². The number of hydrogen-bond acceptors (Lipinski definition) is 4. The van der Waals surface area contributed by atoms with Crippen LogP contribution in [0.4, 0.5) is 0 Å². The molecule has 0 bridgehead atoms. The molecule has 0 atom stereocenters. The van der Waals surface area contributed by atoms with Crippen LogP contribution < -0.4 is 14.2 Å². The predicted molar refractivity (Wildman–Crippen MR) is 109 cm³/mol. The van der Waals surface area contributed by atoms with Gasteiger partial charge in [-0.1, -0.05) is 44.2 Å². The van der Waals surface area contributed by atoms with Crippen LogP contribution in [0.2, 0.25) is 0 Å². The van der Waals surface area contributed by atoms with Gasteiger partial charge in [-0.25, -0.2) is 0 Å². The molecule has 2 aromatic rings. The van der Waals surface area contributed by atoms with Crippen molar-refractivity contribution in [3.8, 4) is 17.2 Å². The summed E-state index contributed by atoms with van der Waals surface area (Å²) in [7, 11) is 4.68. The molecule has 4 nitrogen and oxygen atoms in total. The van der Waals surface area contributed by atoms with E-state index < -0.39 is 0 Å². The Morgan fingerprint density at radius 1 is 0.852 bits per heavy atom. The van der Waals surface area contributed by atoms with Gasteiger partial charge in [-0.3, -0.25) is 4.79 Å². The lowest BCUT2D eigenvalue weighted by molar-refractivity contribution is 0.104. The Kier molecular flexibility index (Phi) is 6.67. The third-order valence-corrected chi connectivity index (χ3v) is 4.71. The van der Waals surface area contributed by atoms with Gasteiger partial charge in [0.05, 0.1) is 21.3 Å². The summed E-state index contributed by atoms with van der Waals surface area (Å²) >= 11 is 0. The van der Waals surface area contributed by atoms with E-state index in [0.717, 1.165) is 16.7 Å². The number of benzene rings is 2. The summed E-state index contributed by atoms with van der Waals surface area (Å²) in [4.78, 5) is 13.0. The van der Waals surface area contributed by atoms with Gasteiger partial charge in [0.1, 0.15) is 22.8 Å². The van der Waals surface area contributed by atoms with E-state index in [2.05, 4.69) is 26.0 Å². The summed E-state index contributed by atoms with van der Waals surface area (Å²) in [6.45, 7) is 8.05. The first-order valence-corrected chi connectivity index (χ1v) is 8.97. The molecule has 0 N–H and O–H groups in total. The zero-order chi connectivity index (χ0) is 20.1. The summed E-state index contributed by atoms with van der Waals surface area (Å²) in [5.74, 6) is 1.90. The summed E-state index contributed by atoms with van der Waals surface area (Å²) in [6, 6.07) is 8.19. The molecule has 0 unspecified atom stereocenters. The molecule has 0 saturated carbocycles.